The number of piperazine rings is 1. The van der Waals surface area contributed by atoms with Crippen LogP contribution in [0, 0.1) is 0 Å². The van der Waals surface area contributed by atoms with Crippen LogP contribution in [0.2, 0.25) is 0 Å². The molecule has 2 amide bonds. The van der Waals surface area contributed by atoms with Crippen LogP contribution in [0.15, 0.2) is 24.4 Å². The highest BCUT2D eigenvalue weighted by molar-refractivity contribution is 5.94. The summed E-state index contributed by atoms with van der Waals surface area (Å²) in [5.41, 5.74) is 0.129. The predicted molar refractivity (Wildman–Crippen MR) is 98.4 cm³/mol. The van der Waals surface area contributed by atoms with Crippen LogP contribution in [0.4, 0.5) is 13.2 Å². The molecule has 1 aliphatic heterocycles. The highest BCUT2D eigenvalue weighted by atomic mass is 35.5. The van der Waals surface area contributed by atoms with Gasteiger partial charge in [0.25, 0.3) is 5.91 Å². The van der Waals surface area contributed by atoms with E-state index in [1.807, 2.05) is 0 Å². The van der Waals surface area contributed by atoms with Crippen LogP contribution in [-0.2, 0) is 4.79 Å². The Hall–Kier alpha value is -1.62. The van der Waals surface area contributed by atoms with Gasteiger partial charge in [0, 0.05) is 38.9 Å². The van der Waals surface area contributed by atoms with Gasteiger partial charge in [-0.2, -0.15) is 13.2 Å². The fourth-order valence-electron chi connectivity index (χ4n) is 2.47. The number of amides is 2. The average molecular weight is 432 g/mol. The monoisotopic (exact) mass is 431 g/mol. The molecule has 1 aromatic rings. The third kappa shape index (κ3) is 8.29. The number of carbonyl (C=O) groups is 2. The third-order valence-electron chi connectivity index (χ3n) is 3.77. The summed E-state index contributed by atoms with van der Waals surface area (Å²) in [5, 5.41) is 7.54. The second-order valence-corrected chi connectivity index (χ2v) is 5.55. The van der Waals surface area contributed by atoms with Gasteiger partial charge in [-0.25, -0.2) is 0 Å². The van der Waals surface area contributed by atoms with E-state index in [-0.39, 0.29) is 43.6 Å². The minimum absolute atomic E-state index is 0. The maximum absolute atomic E-state index is 13.2. The van der Waals surface area contributed by atoms with E-state index in [4.69, 9.17) is 0 Å². The molecular formula is C15H22Cl2F3N5O2. The van der Waals surface area contributed by atoms with Crippen LogP contribution < -0.4 is 16.0 Å². The van der Waals surface area contributed by atoms with Crippen LogP contribution in [0.5, 0.6) is 0 Å². The Morgan fingerprint density at radius 1 is 1.19 bits per heavy atom. The van der Waals surface area contributed by atoms with Crippen LogP contribution in [-0.4, -0.2) is 73.2 Å². The number of nitrogens with one attached hydrogen (secondary N) is 3. The minimum Gasteiger partial charge on any atom is -0.353 e. The van der Waals surface area contributed by atoms with Gasteiger partial charge in [0.1, 0.15) is 11.7 Å². The van der Waals surface area contributed by atoms with Gasteiger partial charge in [0.2, 0.25) is 5.91 Å². The molecule has 0 bridgehead atoms. The largest absolute Gasteiger partial charge is 0.405 e. The summed E-state index contributed by atoms with van der Waals surface area (Å²) in [6.45, 7) is 0.498. The minimum atomic E-state index is -4.44. The predicted octanol–water partition coefficient (Wildman–Crippen LogP) is 0.607. The zero-order valence-electron chi connectivity index (χ0n) is 14.3. The van der Waals surface area contributed by atoms with Crippen molar-refractivity contribution in [1.82, 2.24) is 25.8 Å². The van der Waals surface area contributed by atoms with E-state index >= 15 is 0 Å². The highest BCUT2D eigenvalue weighted by Gasteiger charge is 2.43. The molecule has 2 heterocycles. The Morgan fingerprint density at radius 3 is 2.41 bits per heavy atom. The normalized spacial score (nSPS) is 15.7. The maximum Gasteiger partial charge on any atom is 0.405 e. The van der Waals surface area contributed by atoms with Crippen molar-refractivity contribution in [2.24, 2.45) is 0 Å². The Balaban J connectivity index is 0.00000338. The third-order valence-corrected chi connectivity index (χ3v) is 3.77. The SMILES string of the molecule is Cl.Cl.O=C(CNC(=O)c1ccccn1)NCC(N1CCNCC1)C(F)(F)F. The van der Waals surface area contributed by atoms with Crippen molar-refractivity contribution >= 4 is 36.6 Å². The van der Waals surface area contributed by atoms with E-state index in [1.54, 1.807) is 12.1 Å². The molecule has 1 saturated heterocycles. The molecule has 12 heteroatoms. The first-order valence-corrected chi connectivity index (χ1v) is 7.85. The van der Waals surface area contributed by atoms with Crippen LogP contribution in [0.3, 0.4) is 0 Å². The topological polar surface area (TPSA) is 86.4 Å². The van der Waals surface area contributed by atoms with Crippen molar-refractivity contribution in [3.8, 4) is 0 Å². The first kappa shape index (κ1) is 25.4. The molecule has 27 heavy (non-hydrogen) atoms. The number of nitrogens with zero attached hydrogens (tertiary/aromatic N) is 2. The fourth-order valence-corrected chi connectivity index (χ4v) is 2.47. The van der Waals surface area contributed by atoms with Gasteiger partial charge < -0.3 is 16.0 Å². The molecule has 0 saturated carbocycles. The zero-order valence-corrected chi connectivity index (χ0v) is 15.9. The second-order valence-electron chi connectivity index (χ2n) is 5.55. The first-order chi connectivity index (χ1) is 11.9. The van der Waals surface area contributed by atoms with Crippen molar-refractivity contribution in [3.05, 3.63) is 30.1 Å². The van der Waals surface area contributed by atoms with Gasteiger partial charge in [-0.3, -0.25) is 19.5 Å². The van der Waals surface area contributed by atoms with Gasteiger partial charge in [-0.05, 0) is 12.1 Å². The number of carbonyl (C=O) groups excluding carboxylic acids is 2. The molecule has 2 rings (SSSR count). The van der Waals surface area contributed by atoms with Crippen molar-refractivity contribution in [2.45, 2.75) is 12.2 Å². The van der Waals surface area contributed by atoms with Gasteiger partial charge in [-0.1, -0.05) is 6.07 Å². The van der Waals surface area contributed by atoms with Gasteiger partial charge >= 0.3 is 6.18 Å². The number of halogens is 5. The molecule has 3 N–H and O–H groups in total. The molecule has 154 valence electrons. The maximum atomic E-state index is 13.2. The molecule has 1 unspecified atom stereocenters. The van der Waals surface area contributed by atoms with Crippen molar-refractivity contribution < 1.29 is 22.8 Å². The van der Waals surface area contributed by atoms with E-state index in [1.165, 1.54) is 17.2 Å². The Bertz CT molecular complexity index is 587. The lowest BCUT2D eigenvalue weighted by Gasteiger charge is -2.35. The van der Waals surface area contributed by atoms with Gasteiger partial charge in [-0.15, -0.1) is 24.8 Å². The van der Waals surface area contributed by atoms with E-state index in [2.05, 4.69) is 20.9 Å². The Kier molecular flexibility index (Phi) is 11.2. The molecule has 1 aromatic heterocycles. The number of rotatable bonds is 6. The Labute approximate surface area is 167 Å². The molecule has 0 aliphatic carbocycles. The Morgan fingerprint density at radius 2 is 1.85 bits per heavy atom. The lowest BCUT2D eigenvalue weighted by Crippen LogP contribution is -2.58. The summed E-state index contributed by atoms with van der Waals surface area (Å²) in [7, 11) is 0. The highest BCUT2D eigenvalue weighted by Crippen LogP contribution is 2.24. The van der Waals surface area contributed by atoms with E-state index < -0.39 is 37.1 Å². The molecule has 7 nitrogen and oxygen atoms in total. The summed E-state index contributed by atoms with van der Waals surface area (Å²) in [6, 6.07) is 2.97. The van der Waals surface area contributed by atoms with Gasteiger partial charge in [0.05, 0.1) is 6.54 Å². The average Bonchev–Trinajstić information content (AvgIpc) is 2.60. The van der Waals surface area contributed by atoms with Crippen LogP contribution >= 0.6 is 24.8 Å². The van der Waals surface area contributed by atoms with Crippen molar-refractivity contribution in [1.29, 1.82) is 0 Å². The van der Waals surface area contributed by atoms with E-state index in [0.717, 1.165) is 0 Å². The van der Waals surface area contributed by atoms with E-state index in [0.29, 0.717) is 13.1 Å². The molecule has 1 aliphatic rings. The standard InChI is InChI=1S/C15H20F3N5O2.2ClH/c16-15(17,18)12(23-7-5-19-6-8-23)9-21-13(24)10-22-14(25)11-3-1-2-4-20-11;;/h1-4,12,19H,5-10H2,(H,21,24)(H,22,25);2*1H. The number of alkyl halides is 3. The van der Waals surface area contributed by atoms with Crippen molar-refractivity contribution in [2.75, 3.05) is 39.3 Å². The number of hydrogen-bond acceptors (Lipinski definition) is 5. The summed E-state index contributed by atoms with van der Waals surface area (Å²) >= 11 is 0. The first-order valence-electron chi connectivity index (χ1n) is 7.85. The molecule has 1 atom stereocenters. The lowest BCUT2D eigenvalue weighted by molar-refractivity contribution is -0.184. The summed E-state index contributed by atoms with van der Waals surface area (Å²) in [6.07, 6.45) is -3.02. The summed E-state index contributed by atoms with van der Waals surface area (Å²) in [4.78, 5) is 28.6. The molecule has 1 fully saturated rings. The summed E-state index contributed by atoms with van der Waals surface area (Å²) < 4.78 is 39.6. The van der Waals surface area contributed by atoms with Crippen molar-refractivity contribution in [3.63, 3.8) is 0 Å². The fraction of sp³-hybridized carbons (Fsp3) is 0.533. The van der Waals surface area contributed by atoms with Gasteiger partial charge in [0.15, 0.2) is 0 Å². The smallest absolute Gasteiger partial charge is 0.353 e. The zero-order chi connectivity index (χ0) is 18.3. The number of pyridine rings is 1. The molecular weight excluding hydrogens is 410 g/mol. The quantitative estimate of drug-likeness (QED) is 0.614. The molecule has 0 spiro atoms. The van der Waals surface area contributed by atoms with E-state index in [9.17, 15) is 22.8 Å². The number of aromatic nitrogens is 1. The molecule has 0 radical (unpaired) electrons. The molecule has 0 aromatic carbocycles. The summed E-state index contributed by atoms with van der Waals surface area (Å²) in [5.74, 6) is -1.25. The second kappa shape index (κ2) is 12.0. The lowest BCUT2D eigenvalue weighted by atomic mass is 10.2. The van der Waals surface area contributed by atoms with Crippen LogP contribution in [0.1, 0.15) is 10.5 Å². The van der Waals surface area contributed by atoms with Crippen LogP contribution in [0.25, 0.3) is 0 Å². The number of hydrogen-bond donors (Lipinski definition) is 3.